The van der Waals surface area contributed by atoms with E-state index in [0.29, 0.717) is 42.8 Å². The van der Waals surface area contributed by atoms with E-state index in [1.54, 1.807) is 37.9 Å². The van der Waals surface area contributed by atoms with Gasteiger partial charge in [-0.15, -0.1) is 11.3 Å². The second-order valence-corrected chi connectivity index (χ2v) is 12.2. The van der Waals surface area contributed by atoms with E-state index in [4.69, 9.17) is 9.47 Å². The van der Waals surface area contributed by atoms with Crippen LogP contribution in [0.15, 0.2) is 30.5 Å². The Morgan fingerprint density at radius 1 is 1.03 bits per heavy atom. The van der Waals surface area contributed by atoms with Gasteiger partial charge in [0, 0.05) is 51.5 Å². The van der Waals surface area contributed by atoms with E-state index in [1.807, 2.05) is 36.9 Å². The van der Waals surface area contributed by atoms with Crippen LogP contribution in [0.4, 0.5) is 14.6 Å². The number of nitrogens with zero attached hydrogens (tertiary/aromatic N) is 4. The second kappa shape index (κ2) is 12.3. The lowest BCUT2D eigenvalue weighted by Gasteiger charge is -2.42. The molecule has 0 bridgehead atoms. The van der Waals surface area contributed by atoms with Crippen molar-refractivity contribution in [2.45, 2.75) is 65.2 Å². The molecule has 0 aliphatic carbocycles. The van der Waals surface area contributed by atoms with Gasteiger partial charge in [-0.1, -0.05) is 6.07 Å². The summed E-state index contributed by atoms with van der Waals surface area (Å²) in [5.74, 6) is -0.120. The van der Waals surface area contributed by atoms with Gasteiger partial charge in [0.1, 0.15) is 10.6 Å². The average molecular weight is 558 g/mol. The maximum atomic E-state index is 13.7. The molecule has 0 unspecified atom stereocenters. The topological polar surface area (TPSA) is 104 Å². The van der Waals surface area contributed by atoms with Gasteiger partial charge in [-0.3, -0.25) is 20.0 Å². The van der Waals surface area contributed by atoms with Crippen molar-refractivity contribution in [1.82, 2.24) is 19.7 Å². The number of rotatable bonds is 5. The summed E-state index contributed by atoms with van der Waals surface area (Å²) in [6.45, 7) is 13.2. The molecule has 11 heteroatoms. The van der Waals surface area contributed by atoms with Gasteiger partial charge in [-0.2, -0.15) is 0 Å². The number of piperidine rings is 1. The quantitative estimate of drug-likeness (QED) is 0.556. The molecule has 2 saturated heterocycles. The summed E-state index contributed by atoms with van der Waals surface area (Å²) >= 11 is 1.31. The van der Waals surface area contributed by atoms with E-state index in [-0.39, 0.29) is 18.1 Å². The summed E-state index contributed by atoms with van der Waals surface area (Å²) < 4.78 is 10.8. The van der Waals surface area contributed by atoms with E-state index in [0.717, 1.165) is 36.5 Å². The molecule has 4 rings (SSSR count). The first-order valence-corrected chi connectivity index (χ1v) is 14.4. The van der Waals surface area contributed by atoms with Crippen molar-refractivity contribution in [3.8, 4) is 10.6 Å². The lowest BCUT2D eigenvalue weighted by molar-refractivity contribution is 0.0359. The largest absolute Gasteiger partial charge is 0.447 e. The maximum Gasteiger partial charge on any atom is 0.412 e. The third-order valence-electron chi connectivity index (χ3n) is 6.67. The molecule has 0 saturated carbocycles. The highest BCUT2D eigenvalue weighted by molar-refractivity contribution is 7.20. The Morgan fingerprint density at radius 2 is 1.72 bits per heavy atom. The van der Waals surface area contributed by atoms with Gasteiger partial charge >= 0.3 is 12.2 Å². The Kier molecular flexibility index (Phi) is 9.12. The number of amides is 3. The SMILES string of the molecule is CC(C)OC(=O)N1CCC(N2CCN(C(=O)c3cc(-c4ccccn4)sc3NC(=O)OC(C)(C)C)CC2)CC1. The number of anilines is 1. The van der Waals surface area contributed by atoms with Crippen LogP contribution in [-0.2, 0) is 9.47 Å². The monoisotopic (exact) mass is 557 g/mol. The Balaban J connectivity index is 1.39. The van der Waals surface area contributed by atoms with E-state index >= 15 is 0 Å². The number of pyridine rings is 1. The van der Waals surface area contributed by atoms with Crippen LogP contribution in [0.25, 0.3) is 10.6 Å². The van der Waals surface area contributed by atoms with Gasteiger partial charge in [-0.25, -0.2) is 9.59 Å². The number of aromatic nitrogens is 1. The first-order valence-electron chi connectivity index (χ1n) is 13.5. The molecular weight excluding hydrogens is 518 g/mol. The fourth-order valence-corrected chi connectivity index (χ4v) is 5.84. The molecule has 0 spiro atoms. The van der Waals surface area contributed by atoms with Gasteiger partial charge in [0.2, 0.25) is 0 Å². The van der Waals surface area contributed by atoms with Crippen molar-refractivity contribution in [3.05, 3.63) is 36.0 Å². The number of nitrogens with one attached hydrogen (secondary N) is 1. The minimum absolute atomic E-state index is 0.120. The summed E-state index contributed by atoms with van der Waals surface area (Å²) in [4.78, 5) is 49.7. The number of ether oxygens (including phenoxy) is 2. The van der Waals surface area contributed by atoms with Gasteiger partial charge < -0.3 is 19.3 Å². The van der Waals surface area contributed by atoms with Crippen LogP contribution >= 0.6 is 11.3 Å². The summed E-state index contributed by atoms with van der Waals surface area (Å²) in [5, 5.41) is 3.25. The maximum absolute atomic E-state index is 13.7. The Bertz CT molecular complexity index is 1150. The van der Waals surface area contributed by atoms with Gasteiger partial charge in [0.25, 0.3) is 5.91 Å². The fourth-order valence-electron chi connectivity index (χ4n) is 4.82. The third-order valence-corrected chi connectivity index (χ3v) is 7.74. The van der Waals surface area contributed by atoms with Gasteiger partial charge in [0.15, 0.2) is 0 Å². The second-order valence-electron chi connectivity index (χ2n) is 11.2. The molecule has 4 heterocycles. The first kappa shape index (κ1) is 28.8. The zero-order valence-corrected chi connectivity index (χ0v) is 24.3. The van der Waals surface area contributed by atoms with Gasteiger partial charge in [-0.05, 0) is 65.7 Å². The molecule has 2 aromatic heterocycles. The summed E-state index contributed by atoms with van der Waals surface area (Å²) in [7, 11) is 0. The fraction of sp³-hybridized carbons (Fsp3) is 0.571. The number of thiophene rings is 1. The minimum atomic E-state index is -0.656. The highest BCUT2D eigenvalue weighted by atomic mass is 32.1. The average Bonchev–Trinajstić information content (AvgIpc) is 3.31. The van der Waals surface area contributed by atoms with Crippen molar-refractivity contribution >= 4 is 34.4 Å². The Labute approximate surface area is 234 Å². The Hall–Kier alpha value is -3.18. The number of hydrogen-bond donors (Lipinski definition) is 1. The molecule has 2 aromatic rings. The van der Waals surface area contributed by atoms with Crippen LogP contribution in [0.5, 0.6) is 0 Å². The van der Waals surface area contributed by atoms with Crippen molar-refractivity contribution < 1.29 is 23.9 Å². The number of carbonyl (C=O) groups excluding carboxylic acids is 3. The smallest absolute Gasteiger partial charge is 0.412 e. The molecule has 2 aliphatic heterocycles. The zero-order valence-electron chi connectivity index (χ0n) is 23.4. The van der Waals surface area contributed by atoms with E-state index < -0.39 is 11.7 Å². The Morgan fingerprint density at radius 3 is 2.31 bits per heavy atom. The summed E-state index contributed by atoms with van der Waals surface area (Å²) in [6.07, 6.45) is 2.53. The molecule has 0 aromatic carbocycles. The first-order chi connectivity index (χ1) is 18.5. The van der Waals surface area contributed by atoms with Crippen LogP contribution in [0, 0.1) is 0 Å². The van der Waals surface area contributed by atoms with Gasteiger partial charge in [0.05, 0.1) is 22.2 Å². The van der Waals surface area contributed by atoms with Crippen molar-refractivity contribution in [3.63, 3.8) is 0 Å². The number of carbonyl (C=O) groups is 3. The number of piperazine rings is 1. The van der Waals surface area contributed by atoms with E-state index in [2.05, 4.69) is 15.2 Å². The normalized spacial score (nSPS) is 17.3. The van der Waals surface area contributed by atoms with Crippen LogP contribution in [-0.4, -0.2) is 94.8 Å². The molecule has 3 amide bonds. The van der Waals surface area contributed by atoms with E-state index in [1.165, 1.54) is 11.3 Å². The molecule has 1 N–H and O–H groups in total. The molecule has 2 aliphatic rings. The van der Waals surface area contributed by atoms with Crippen molar-refractivity contribution in [1.29, 1.82) is 0 Å². The lowest BCUT2D eigenvalue weighted by atomic mass is 10.0. The molecule has 0 radical (unpaired) electrons. The third kappa shape index (κ3) is 7.69. The lowest BCUT2D eigenvalue weighted by Crippen LogP contribution is -2.54. The highest BCUT2D eigenvalue weighted by Crippen LogP contribution is 2.36. The predicted molar refractivity (Wildman–Crippen MR) is 151 cm³/mol. The zero-order chi connectivity index (χ0) is 28.2. The molecule has 10 nitrogen and oxygen atoms in total. The van der Waals surface area contributed by atoms with Crippen molar-refractivity contribution in [2.75, 3.05) is 44.6 Å². The molecule has 0 atom stereocenters. The standard InChI is InChI=1S/C28H39N5O5S/c1-19(2)37-27(36)33-12-9-20(10-13-33)31-14-16-32(17-15-31)25(34)21-18-23(22-8-6-7-11-29-22)39-24(21)30-26(35)38-28(3,4)5/h6-8,11,18-20H,9-10,12-17H2,1-5H3,(H,30,35). The highest BCUT2D eigenvalue weighted by Gasteiger charge is 2.32. The molecule has 212 valence electrons. The predicted octanol–water partition coefficient (Wildman–Crippen LogP) is 4.92. The van der Waals surface area contributed by atoms with E-state index in [9.17, 15) is 14.4 Å². The molecular formula is C28H39N5O5S. The molecule has 39 heavy (non-hydrogen) atoms. The van der Waals surface area contributed by atoms with Crippen LogP contribution in [0.1, 0.15) is 57.8 Å². The van der Waals surface area contributed by atoms with Crippen LogP contribution in [0.2, 0.25) is 0 Å². The van der Waals surface area contributed by atoms with Crippen molar-refractivity contribution in [2.24, 2.45) is 0 Å². The number of likely N-dealkylation sites (tertiary alicyclic amines) is 1. The summed E-state index contributed by atoms with van der Waals surface area (Å²) in [5.41, 5.74) is 0.524. The minimum Gasteiger partial charge on any atom is -0.447 e. The van der Waals surface area contributed by atoms with Crippen LogP contribution in [0.3, 0.4) is 0 Å². The molecule has 2 fully saturated rings. The van der Waals surface area contributed by atoms with Crippen LogP contribution < -0.4 is 5.32 Å². The summed E-state index contributed by atoms with van der Waals surface area (Å²) in [6, 6.07) is 7.79. The number of hydrogen-bond acceptors (Lipinski definition) is 8.